The molecule has 1 aliphatic carbocycles. The topological polar surface area (TPSA) is 17.1 Å². The predicted molar refractivity (Wildman–Crippen MR) is 82.3 cm³/mol. The third kappa shape index (κ3) is 2.40. The Hall–Kier alpha value is -1.89. The first-order valence-corrected chi connectivity index (χ1v) is 7.50. The fourth-order valence-electron chi connectivity index (χ4n) is 3.16. The van der Waals surface area contributed by atoms with Crippen LogP contribution in [0.25, 0.3) is 0 Å². The number of rotatable bonds is 3. The Labute approximate surface area is 120 Å². The average Bonchev–Trinajstić information content (AvgIpc) is 2.49. The number of benzene rings is 2. The monoisotopic (exact) mass is 264 g/mol. The molecular weight excluding hydrogens is 244 g/mol. The van der Waals surface area contributed by atoms with E-state index in [9.17, 15) is 4.79 Å². The van der Waals surface area contributed by atoms with E-state index in [1.54, 1.807) is 0 Å². The van der Waals surface area contributed by atoms with Crippen LogP contribution in [0.15, 0.2) is 48.5 Å². The van der Waals surface area contributed by atoms with Crippen LogP contribution < -0.4 is 0 Å². The zero-order chi connectivity index (χ0) is 13.9. The average molecular weight is 264 g/mol. The second-order valence-electron chi connectivity index (χ2n) is 5.61. The summed E-state index contributed by atoms with van der Waals surface area (Å²) in [6.45, 7) is 2.19. The number of carbonyl (C=O) groups excluding carboxylic acids is 1. The van der Waals surface area contributed by atoms with Gasteiger partial charge in [-0.1, -0.05) is 61.9 Å². The quantitative estimate of drug-likeness (QED) is 0.794. The molecule has 1 nitrogen and oxygen atoms in total. The van der Waals surface area contributed by atoms with E-state index in [1.165, 1.54) is 11.1 Å². The molecule has 102 valence electrons. The van der Waals surface area contributed by atoms with Gasteiger partial charge in [0.25, 0.3) is 0 Å². The Kier molecular flexibility index (Phi) is 3.68. The van der Waals surface area contributed by atoms with Crippen LogP contribution in [0.3, 0.4) is 0 Å². The van der Waals surface area contributed by atoms with Crippen molar-refractivity contribution in [3.63, 3.8) is 0 Å². The van der Waals surface area contributed by atoms with E-state index in [-0.39, 0.29) is 5.92 Å². The molecule has 2 aromatic rings. The summed E-state index contributed by atoms with van der Waals surface area (Å²) < 4.78 is 0. The molecule has 0 spiro atoms. The van der Waals surface area contributed by atoms with Crippen LogP contribution in [0.2, 0.25) is 0 Å². The normalized spacial score (nSPS) is 17.9. The minimum Gasteiger partial charge on any atom is -0.293 e. The molecule has 1 aliphatic rings. The van der Waals surface area contributed by atoms with Crippen LogP contribution in [0, 0.1) is 0 Å². The van der Waals surface area contributed by atoms with Crippen molar-refractivity contribution in [1.82, 2.24) is 0 Å². The summed E-state index contributed by atoms with van der Waals surface area (Å²) in [5.74, 6) is 0.334. The fraction of sp³-hybridized carbons (Fsp3) is 0.316. The molecule has 0 saturated heterocycles. The van der Waals surface area contributed by atoms with Gasteiger partial charge in [0.05, 0.1) is 0 Å². The standard InChI is InChI=1S/C19H20O/c1-2-6-14-9-11-18-16(13-14)10-12-17(19(18)20)15-7-4-3-5-8-15/h3-5,7-9,11,13,17H,2,6,10,12H2,1H3. The molecule has 1 unspecified atom stereocenters. The second kappa shape index (κ2) is 5.62. The third-order valence-electron chi connectivity index (χ3n) is 4.19. The number of aryl methyl sites for hydroxylation is 2. The van der Waals surface area contributed by atoms with Gasteiger partial charge < -0.3 is 0 Å². The van der Waals surface area contributed by atoms with Gasteiger partial charge in [0.1, 0.15) is 0 Å². The summed E-state index contributed by atoms with van der Waals surface area (Å²) in [5, 5.41) is 0. The third-order valence-corrected chi connectivity index (χ3v) is 4.19. The van der Waals surface area contributed by atoms with Crippen molar-refractivity contribution in [2.24, 2.45) is 0 Å². The van der Waals surface area contributed by atoms with Crippen molar-refractivity contribution in [2.75, 3.05) is 0 Å². The van der Waals surface area contributed by atoms with Crippen LogP contribution in [0.1, 0.15) is 52.7 Å². The maximum absolute atomic E-state index is 12.7. The maximum atomic E-state index is 12.7. The number of carbonyl (C=O) groups is 1. The molecule has 20 heavy (non-hydrogen) atoms. The van der Waals surface area contributed by atoms with Crippen molar-refractivity contribution < 1.29 is 4.79 Å². The molecule has 1 heteroatoms. The van der Waals surface area contributed by atoms with Crippen LogP contribution in [0.4, 0.5) is 0 Å². The van der Waals surface area contributed by atoms with Gasteiger partial charge in [-0.15, -0.1) is 0 Å². The predicted octanol–water partition coefficient (Wildman–Crippen LogP) is 4.55. The molecule has 0 saturated carbocycles. The van der Waals surface area contributed by atoms with Crippen LogP contribution in [0.5, 0.6) is 0 Å². The van der Waals surface area contributed by atoms with Gasteiger partial charge in [0, 0.05) is 11.5 Å². The van der Waals surface area contributed by atoms with Gasteiger partial charge in [-0.2, -0.15) is 0 Å². The molecule has 1 atom stereocenters. The van der Waals surface area contributed by atoms with Gasteiger partial charge in [-0.05, 0) is 36.0 Å². The first-order chi connectivity index (χ1) is 9.79. The van der Waals surface area contributed by atoms with Crippen LogP contribution in [-0.4, -0.2) is 5.78 Å². The molecule has 0 amide bonds. The number of hydrogen-bond acceptors (Lipinski definition) is 1. The molecular formula is C19H20O. The summed E-state index contributed by atoms with van der Waals surface area (Å²) in [6, 6.07) is 16.6. The minimum atomic E-state index is 0.0423. The Morgan fingerprint density at radius 1 is 1.10 bits per heavy atom. The summed E-state index contributed by atoms with van der Waals surface area (Å²) >= 11 is 0. The Bertz CT molecular complexity index is 613. The van der Waals surface area contributed by atoms with Gasteiger partial charge in [-0.25, -0.2) is 0 Å². The van der Waals surface area contributed by atoms with E-state index in [0.29, 0.717) is 5.78 Å². The van der Waals surface area contributed by atoms with Crippen molar-refractivity contribution in [1.29, 1.82) is 0 Å². The van der Waals surface area contributed by atoms with Gasteiger partial charge in [0.2, 0.25) is 0 Å². The van der Waals surface area contributed by atoms with Crippen molar-refractivity contribution in [3.8, 4) is 0 Å². The Balaban J connectivity index is 1.91. The van der Waals surface area contributed by atoms with E-state index in [4.69, 9.17) is 0 Å². The van der Waals surface area contributed by atoms with Gasteiger partial charge in [-0.3, -0.25) is 4.79 Å². The highest BCUT2D eigenvalue weighted by atomic mass is 16.1. The van der Waals surface area contributed by atoms with Crippen LogP contribution >= 0.6 is 0 Å². The van der Waals surface area contributed by atoms with Crippen molar-refractivity contribution >= 4 is 5.78 Å². The van der Waals surface area contributed by atoms with E-state index >= 15 is 0 Å². The smallest absolute Gasteiger partial charge is 0.170 e. The summed E-state index contributed by atoms with van der Waals surface area (Å²) in [7, 11) is 0. The fourth-order valence-corrected chi connectivity index (χ4v) is 3.16. The molecule has 0 radical (unpaired) electrons. The van der Waals surface area contributed by atoms with E-state index in [2.05, 4.69) is 31.2 Å². The maximum Gasteiger partial charge on any atom is 0.170 e. The summed E-state index contributed by atoms with van der Waals surface area (Å²) in [4.78, 5) is 12.7. The minimum absolute atomic E-state index is 0.0423. The number of Topliss-reactive ketones (excluding diaryl/α,β-unsaturated/α-hetero) is 1. The SMILES string of the molecule is CCCc1ccc2c(c1)CCC(c1ccccc1)C2=O. The highest BCUT2D eigenvalue weighted by molar-refractivity contribution is 6.03. The highest BCUT2D eigenvalue weighted by Crippen LogP contribution is 2.33. The first-order valence-electron chi connectivity index (χ1n) is 7.50. The van der Waals surface area contributed by atoms with Gasteiger partial charge in [0.15, 0.2) is 5.78 Å². The molecule has 2 aromatic carbocycles. The lowest BCUT2D eigenvalue weighted by Crippen LogP contribution is -2.21. The van der Waals surface area contributed by atoms with E-state index < -0.39 is 0 Å². The zero-order valence-corrected chi connectivity index (χ0v) is 11.9. The van der Waals surface area contributed by atoms with Crippen molar-refractivity contribution in [3.05, 3.63) is 70.8 Å². The lowest BCUT2D eigenvalue weighted by molar-refractivity contribution is 0.0946. The summed E-state index contributed by atoms with van der Waals surface area (Å²) in [6.07, 6.45) is 4.20. The molecule has 0 aromatic heterocycles. The largest absolute Gasteiger partial charge is 0.293 e. The Morgan fingerprint density at radius 2 is 1.90 bits per heavy atom. The van der Waals surface area contributed by atoms with Crippen LogP contribution in [-0.2, 0) is 12.8 Å². The second-order valence-corrected chi connectivity index (χ2v) is 5.61. The molecule has 0 fully saturated rings. The van der Waals surface area contributed by atoms with Crippen molar-refractivity contribution in [2.45, 2.75) is 38.5 Å². The number of hydrogen-bond donors (Lipinski definition) is 0. The molecule has 3 rings (SSSR count). The summed E-state index contributed by atoms with van der Waals surface area (Å²) in [5.41, 5.74) is 4.69. The lowest BCUT2D eigenvalue weighted by atomic mass is 9.78. The van der Waals surface area contributed by atoms with E-state index in [0.717, 1.165) is 36.8 Å². The molecule has 0 bridgehead atoms. The highest BCUT2D eigenvalue weighted by Gasteiger charge is 2.28. The number of ketones is 1. The first kappa shape index (κ1) is 13.1. The molecule has 0 heterocycles. The van der Waals surface area contributed by atoms with Gasteiger partial charge >= 0.3 is 0 Å². The molecule has 0 N–H and O–H groups in total. The Morgan fingerprint density at radius 3 is 2.65 bits per heavy atom. The van der Waals surface area contributed by atoms with E-state index in [1.807, 2.05) is 24.3 Å². The lowest BCUT2D eigenvalue weighted by Gasteiger charge is -2.24. The zero-order valence-electron chi connectivity index (χ0n) is 11.9. The number of fused-ring (bicyclic) bond motifs is 1. The molecule has 0 aliphatic heterocycles.